The average molecular weight is 425 g/mol. The number of carbonyl (C=O) groups is 1. The van der Waals surface area contributed by atoms with Crippen LogP contribution in [0.5, 0.6) is 11.5 Å². The Kier molecular flexibility index (Phi) is 7.86. The molecule has 0 radical (unpaired) electrons. The van der Waals surface area contributed by atoms with Gasteiger partial charge in [0.05, 0.1) is 11.8 Å². The lowest BCUT2D eigenvalue weighted by Crippen LogP contribution is -2.43. The van der Waals surface area contributed by atoms with Gasteiger partial charge in [-0.15, -0.1) is 12.4 Å². The van der Waals surface area contributed by atoms with E-state index in [1.165, 1.54) is 0 Å². The molecule has 2 aromatic carbocycles. The number of sulfone groups is 1. The number of carbonyl (C=O) groups excluding carboxylic acids is 1. The Hall–Kier alpha value is -2.09. The van der Waals surface area contributed by atoms with Crippen molar-refractivity contribution in [1.82, 2.24) is 5.32 Å². The van der Waals surface area contributed by atoms with Gasteiger partial charge in [-0.25, -0.2) is 8.42 Å². The molecule has 1 heterocycles. The third kappa shape index (κ3) is 5.47. The van der Waals surface area contributed by atoms with Crippen LogP contribution in [0.3, 0.4) is 0 Å². The van der Waals surface area contributed by atoms with Crippen LogP contribution in [-0.2, 0) is 14.6 Å². The highest BCUT2D eigenvalue weighted by atomic mass is 35.5. The number of ether oxygens (including phenoxy) is 1. The van der Waals surface area contributed by atoms with E-state index in [0.717, 1.165) is 25.8 Å². The van der Waals surface area contributed by atoms with Crippen molar-refractivity contribution in [3.05, 3.63) is 48.5 Å². The van der Waals surface area contributed by atoms with Gasteiger partial charge in [0.2, 0.25) is 5.91 Å². The standard InChI is InChI=1S/C20H24N2O4S.ClH/c1-2-27(24,25)19-9-4-3-8-18(19)26-16-12-10-15(11-13-16)22-20(23)17-7-5-6-14-21-17;/h3-4,8-13,17,21H,2,5-7,14H2,1H3,(H,22,23);1H/t17-;/m0./s1. The van der Waals surface area contributed by atoms with E-state index in [1.54, 1.807) is 55.5 Å². The van der Waals surface area contributed by atoms with Crippen molar-refractivity contribution in [3.63, 3.8) is 0 Å². The van der Waals surface area contributed by atoms with Gasteiger partial charge in [0.1, 0.15) is 16.4 Å². The lowest BCUT2D eigenvalue weighted by molar-refractivity contribution is -0.118. The van der Waals surface area contributed by atoms with E-state index in [-0.39, 0.29) is 35.0 Å². The Bertz CT molecular complexity index is 895. The topological polar surface area (TPSA) is 84.5 Å². The number of para-hydroxylation sites is 1. The van der Waals surface area contributed by atoms with Crippen molar-refractivity contribution in [2.75, 3.05) is 17.6 Å². The molecule has 0 spiro atoms. The molecule has 0 aromatic heterocycles. The summed E-state index contributed by atoms with van der Waals surface area (Å²) in [6.45, 7) is 2.47. The predicted molar refractivity (Wildman–Crippen MR) is 112 cm³/mol. The van der Waals surface area contributed by atoms with Gasteiger partial charge in [-0.05, 0) is 55.8 Å². The number of benzene rings is 2. The van der Waals surface area contributed by atoms with Crippen LogP contribution in [0, 0.1) is 0 Å². The molecule has 2 N–H and O–H groups in total. The second kappa shape index (κ2) is 9.91. The van der Waals surface area contributed by atoms with Crippen LogP contribution in [0.25, 0.3) is 0 Å². The summed E-state index contributed by atoms with van der Waals surface area (Å²) in [4.78, 5) is 12.4. The zero-order chi connectivity index (χ0) is 19.3. The van der Waals surface area contributed by atoms with Gasteiger partial charge < -0.3 is 15.4 Å². The van der Waals surface area contributed by atoms with Crippen LogP contribution in [-0.4, -0.2) is 32.7 Å². The summed E-state index contributed by atoms with van der Waals surface area (Å²) >= 11 is 0. The monoisotopic (exact) mass is 424 g/mol. The van der Waals surface area contributed by atoms with E-state index < -0.39 is 9.84 Å². The maximum Gasteiger partial charge on any atom is 0.241 e. The van der Waals surface area contributed by atoms with Crippen LogP contribution in [0.2, 0.25) is 0 Å². The van der Waals surface area contributed by atoms with Crippen molar-refractivity contribution >= 4 is 33.8 Å². The molecular formula is C20H25ClN2O4S. The molecule has 8 heteroatoms. The smallest absolute Gasteiger partial charge is 0.241 e. The minimum atomic E-state index is -3.37. The first-order chi connectivity index (χ1) is 13.0. The molecule has 1 fully saturated rings. The molecule has 6 nitrogen and oxygen atoms in total. The van der Waals surface area contributed by atoms with Crippen LogP contribution >= 0.6 is 12.4 Å². The maximum absolute atomic E-state index is 12.3. The fourth-order valence-electron chi connectivity index (χ4n) is 2.99. The van der Waals surface area contributed by atoms with E-state index in [2.05, 4.69) is 10.6 Å². The van der Waals surface area contributed by atoms with Crippen molar-refractivity contribution in [2.24, 2.45) is 0 Å². The first-order valence-electron chi connectivity index (χ1n) is 9.13. The Balaban J connectivity index is 0.00000280. The summed E-state index contributed by atoms with van der Waals surface area (Å²) in [6, 6.07) is 13.3. The molecule has 0 unspecified atom stereocenters. The zero-order valence-electron chi connectivity index (χ0n) is 15.7. The summed E-state index contributed by atoms with van der Waals surface area (Å²) in [5.41, 5.74) is 0.675. The molecule has 0 aliphatic carbocycles. The first kappa shape index (κ1) is 22.2. The number of hydrogen-bond donors (Lipinski definition) is 2. The summed E-state index contributed by atoms with van der Waals surface area (Å²) in [7, 11) is -3.37. The predicted octanol–water partition coefficient (Wildman–Crippen LogP) is 3.77. The van der Waals surface area contributed by atoms with Gasteiger partial charge in [-0.3, -0.25) is 4.79 Å². The van der Waals surface area contributed by atoms with Crippen LogP contribution in [0.4, 0.5) is 5.69 Å². The number of rotatable bonds is 6. The van der Waals surface area contributed by atoms with Crippen molar-refractivity contribution in [1.29, 1.82) is 0 Å². The Labute approximate surface area is 172 Å². The molecule has 3 rings (SSSR count). The summed E-state index contributed by atoms with van der Waals surface area (Å²) in [5.74, 6) is 0.765. The lowest BCUT2D eigenvalue weighted by Gasteiger charge is -2.22. The number of hydrogen-bond acceptors (Lipinski definition) is 5. The lowest BCUT2D eigenvalue weighted by atomic mass is 10.0. The van der Waals surface area contributed by atoms with Crippen LogP contribution in [0.15, 0.2) is 53.4 Å². The number of piperidine rings is 1. The van der Waals surface area contributed by atoms with Gasteiger partial charge >= 0.3 is 0 Å². The van der Waals surface area contributed by atoms with E-state index in [9.17, 15) is 13.2 Å². The Morgan fingerprint density at radius 3 is 2.50 bits per heavy atom. The van der Waals surface area contributed by atoms with Crippen molar-refractivity contribution in [3.8, 4) is 11.5 Å². The van der Waals surface area contributed by atoms with Crippen LogP contribution in [0.1, 0.15) is 26.2 Å². The molecule has 1 saturated heterocycles. The molecule has 152 valence electrons. The SMILES string of the molecule is CCS(=O)(=O)c1ccccc1Oc1ccc(NC(=O)[C@@H]2CCCCN2)cc1.Cl. The quantitative estimate of drug-likeness (QED) is 0.737. The zero-order valence-corrected chi connectivity index (χ0v) is 17.3. The summed E-state index contributed by atoms with van der Waals surface area (Å²) in [6.07, 6.45) is 3.00. The number of nitrogens with one attached hydrogen (secondary N) is 2. The second-order valence-electron chi connectivity index (χ2n) is 6.47. The van der Waals surface area contributed by atoms with E-state index >= 15 is 0 Å². The largest absolute Gasteiger partial charge is 0.456 e. The third-order valence-corrected chi connectivity index (χ3v) is 6.31. The van der Waals surface area contributed by atoms with Crippen molar-refractivity contribution in [2.45, 2.75) is 37.1 Å². The normalized spacial score (nSPS) is 16.7. The second-order valence-corrected chi connectivity index (χ2v) is 8.72. The van der Waals surface area contributed by atoms with E-state index in [1.807, 2.05) is 0 Å². The first-order valence-corrected chi connectivity index (χ1v) is 10.8. The number of amides is 1. The molecule has 28 heavy (non-hydrogen) atoms. The van der Waals surface area contributed by atoms with Gasteiger partial charge in [0.25, 0.3) is 0 Å². The summed E-state index contributed by atoms with van der Waals surface area (Å²) in [5, 5.41) is 6.11. The fourth-order valence-corrected chi connectivity index (χ4v) is 4.00. The fraction of sp³-hybridized carbons (Fsp3) is 0.350. The average Bonchev–Trinajstić information content (AvgIpc) is 2.70. The highest BCUT2D eigenvalue weighted by Gasteiger charge is 2.20. The molecule has 1 amide bonds. The minimum Gasteiger partial charge on any atom is -0.456 e. The molecule has 2 aromatic rings. The van der Waals surface area contributed by atoms with Gasteiger partial charge in [0.15, 0.2) is 9.84 Å². The van der Waals surface area contributed by atoms with Gasteiger partial charge in [-0.2, -0.15) is 0 Å². The molecule has 1 aliphatic heterocycles. The summed E-state index contributed by atoms with van der Waals surface area (Å²) < 4.78 is 30.2. The Morgan fingerprint density at radius 1 is 1.14 bits per heavy atom. The van der Waals surface area contributed by atoms with Crippen molar-refractivity contribution < 1.29 is 17.9 Å². The highest BCUT2D eigenvalue weighted by molar-refractivity contribution is 7.91. The number of anilines is 1. The molecule has 0 saturated carbocycles. The van der Waals surface area contributed by atoms with E-state index in [4.69, 9.17) is 4.74 Å². The minimum absolute atomic E-state index is 0. The maximum atomic E-state index is 12.3. The highest BCUT2D eigenvalue weighted by Crippen LogP contribution is 2.30. The van der Waals surface area contributed by atoms with Crippen LogP contribution < -0.4 is 15.4 Å². The molecule has 1 aliphatic rings. The third-order valence-electron chi connectivity index (χ3n) is 4.54. The Morgan fingerprint density at radius 2 is 1.86 bits per heavy atom. The number of halogens is 1. The van der Waals surface area contributed by atoms with Gasteiger partial charge in [0, 0.05) is 5.69 Å². The van der Waals surface area contributed by atoms with Gasteiger partial charge in [-0.1, -0.05) is 25.5 Å². The molecule has 1 atom stereocenters. The van der Waals surface area contributed by atoms with E-state index in [0.29, 0.717) is 17.2 Å². The molecule has 0 bridgehead atoms. The molecular weight excluding hydrogens is 400 g/mol.